The van der Waals surface area contributed by atoms with Crippen molar-refractivity contribution in [3.8, 4) is 0 Å². The Kier molecular flexibility index (Phi) is 6.47. The SMILES string of the molecule is CCNC(=NCCc1nc(C(C)C)no1)N1CCC(Cc2cnn(C)c2)C1. The van der Waals surface area contributed by atoms with Gasteiger partial charge in [0.05, 0.1) is 12.7 Å². The van der Waals surface area contributed by atoms with Crippen molar-refractivity contribution in [3.63, 3.8) is 0 Å². The fraction of sp³-hybridized carbons (Fsp3) is 0.684. The van der Waals surface area contributed by atoms with Crippen molar-refractivity contribution in [2.75, 3.05) is 26.2 Å². The van der Waals surface area contributed by atoms with Crippen molar-refractivity contribution in [2.45, 2.75) is 46.0 Å². The summed E-state index contributed by atoms with van der Waals surface area (Å²) in [6.07, 6.45) is 7.00. The first-order chi connectivity index (χ1) is 13.0. The Morgan fingerprint density at radius 3 is 2.96 bits per heavy atom. The highest BCUT2D eigenvalue weighted by molar-refractivity contribution is 5.80. The number of hydrogen-bond acceptors (Lipinski definition) is 5. The Morgan fingerprint density at radius 2 is 2.30 bits per heavy atom. The molecule has 1 atom stereocenters. The Balaban J connectivity index is 1.53. The summed E-state index contributed by atoms with van der Waals surface area (Å²) in [6.45, 7) is 9.79. The van der Waals surface area contributed by atoms with Gasteiger partial charge < -0.3 is 14.7 Å². The lowest BCUT2D eigenvalue weighted by Crippen LogP contribution is -2.40. The van der Waals surface area contributed by atoms with Gasteiger partial charge in [-0.3, -0.25) is 9.67 Å². The average molecular weight is 374 g/mol. The topological polar surface area (TPSA) is 84.4 Å². The molecule has 8 heteroatoms. The first kappa shape index (κ1) is 19.4. The van der Waals surface area contributed by atoms with Crippen LogP contribution in [0.3, 0.4) is 0 Å². The van der Waals surface area contributed by atoms with Crippen molar-refractivity contribution < 1.29 is 4.52 Å². The second-order valence-electron chi connectivity index (χ2n) is 7.51. The summed E-state index contributed by atoms with van der Waals surface area (Å²) in [5.41, 5.74) is 1.31. The summed E-state index contributed by atoms with van der Waals surface area (Å²) in [6, 6.07) is 0. The number of aliphatic imine (C=N–C) groups is 1. The first-order valence-corrected chi connectivity index (χ1v) is 9.88. The van der Waals surface area contributed by atoms with E-state index in [-0.39, 0.29) is 5.92 Å². The molecule has 2 aromatic heterocycles. The fourth-order valence-corrected chi connectivity index (χ4v) is 3.39. The van der Waals surface area contributed by atoms with Crippen LogP contribution in [0.2, 0.25) is 0 Å². The maximum atomic E-state index is 5.31. The van der Waals surface area contributed by atoms with E-state index in [1.54, 1.807) is 0 Å². The average Bonchev–Trinajstić information content (AvgIpc) is 3.36. The van der Waals surface area contributed by atoms with E-state index in [2.05, 4.69) is 52.4 Å². The minimum absolute atomic E-state index is 0.282. The summed E-state index contributed by atoms with van der Waals surface area (Å²) < 4.78 is 7.18. The molecular weight excluding hydrogens is 342 g/mol. The van der Waals surface area contributed by atoms with Crippen LogP contribution in [0.1, 0.15) is 50.4 Å². The van der Waals surface area contributed by atoms with E-state index in [1.165, 1.54) is 12.0 Å². The molecule has 0 spiro atoms. The number of likely N-dealkylation sites (tertiary alicyclic amines) is 1. The van der Waals surface area contributed by atoms with E-state index in [9.17, 15) is 0 Å². The molecule has 1 fully saturated rings. The second-order valence-corrected chi connectivity index (χ2v) is 7.51. The van der Waals surface area contributed by atoms with Crippen molar-refractivity contribution in [3.05, 3.63) is 29.7 Å². The second kappa shape index (κ2) is 9.01. The molecule has 148 valence electrons. The number of nitrogens with one attached hydrogen (secondary N) is 1. The lowest BCUT2D eigenvalue weighted by molar-refractivity contribution is 0.372. The van der Waals surface area contributed by atoms with Crippen molar-refractivity contribution in [1.82, 2.24) is 30.1 Å². The molecule has 1 saturated heterocycles. The zero-order valence-electron chi connectivity index (χ0n) is 16.9. The number of guanidine groups is 1. The zero-order valence-corrected chi connectivity index (χ0v) is 16.9. The van der Waals surface area contributed by atoms with Crippen LogP contribution >= 0.6 is 0 Å². The summed E-state index contributed by atoms with van der Waals surface area (Å²) >= 11 is 0. The molecule has 8 nitrogen and oxygen atoms in total. The molecule has 0 aliphatic carbocycles. The number of hydrogen-bond donors (Lipinski definition) is 1. The van der Waals surface area contributed by atoms with Crippen LogP contribution in [0.4, 0.5) is 0 Å². The van der Waals surface area contributed by atoms with Gasteiger partial charge in [-0.15, -0.1) is 0 Å². The highest BCUT2D eigenvalue weighted by Crippen LogP contribution is 2.20. The molecule has 0 bridgehead atoms. The lowest BCUT2D eigenvalue weighted by Gasteiger charge is -2.21. The smallest absolute Gasteiger partial charge is 0.228 e. The molecule has 3 heterocycles. The highest BCUT2D eigenvalue weighted by atomic mass is 16.5. The Hall–Kier alpha value is -2.38. The maximum absolute atomic E-state index is 5.31. The standard InChI is InChI=1S/C19H31N7O/c1-5-20-19(21-8-6-17-23-18(14(2)3)24-27-17)26-9-7-15(13-26)10-16-11-22-25(4)12-16/h11-12,14-15H,5-10,13H2,1-4H3,(H,20,21). The lowest BCUT2D eigenvalue weighted by atomic mass is 10.0. The van der Waals surface area contributed by atoms with Gasteiger partial charge in [0.25, 0.3) is 0 Å². The van der Waals surface area contributed by atoms with Gasteiger partial charge in [0.15, 0.2) is 11.8 Å². The largest absolute Gasteiger partial charge is 0.357 e. The minimum Gasteiger partial charge on any atom is -0.357 e. The quantitative estimate of drug-likeness (QED) is 0.590. The van der Waals surface area contributed by atoms with Crippen LogP contribution in [-0.4, -0.2) is 57.0 Å². The van der Waals surface area contributed by atoms with Gasteiger partial charge in [-0.25, -0.2) is 0 Å². The third kappa shape index (κ3) is 5.30. The molecule has 0 radical (unpaired) electrons. The molecule has 27 heavy (non-hydrogen) atoms. The van der Waals surface area contributed by atoms with Crippen LogP contribution in [0.15, 0.2) is 21.9 Å². The van der Waals surface area contributed by atoms with E-state index in [1.807, 2.05) is 17.9 Å². The summed E-state index contributed by atoms with van der Waals surface area (Å²) in [7, 11) is 1.97. The molecule has 3 rings (SSSR count). The third-order valence-electron chi connectivity index (χ3n) is 4.79. The van der Waals surface area contributed by atoms with E-state index in [4.69, 9.17) is 9.52 Å². The van der Waals surface area contributed by atoms with Crippen LogP contribution in [0, 0.1) is 5.92 Å². The normalized spacial score (nSPS) is 17.9. The van der Waals surface area contributed by atoms with Crippen molar-refractivity contribution in [2.24, 2.45) is 18.0 Å². The number of aryl methyl sites for hydroxylation is 1. The zero-order chi connectivity index (χ0) is 19.2. The monoisotopic (exact) mass is 373 g/mol. The molecule has 0 amide bonds. The Labute approximate surface area is 161 Å². The van der Waals surface area contributed by atoms with E-state index < -0.39 is 0 Å². The summed E-state index contributed by atoms with van der Waals surface area (Å²) in [5, 5.41) is 11.7. The van der Waals surface area contributed by atoms with Crippen LogP contribution < -0.4 is 5.32 Å². The maximum Gasteiger partial charge on any atom is 0.228 e. The fourth-order valence-electron chi connectivity index (χ4n) is 3.39. The van der Waals surface area contributed by atoms with Gasteiger partial charge in [-0.05, 0) is 31.2 Å². The van der Waals surface area contributed by atoms with Gasteiger partial charge in [0, 0.05) is 45.2 Å². The van der Waals surface area contributed by atoms with Crippen LogP contribution in [-0.2, 0) is 19.9 Å². The molecule has 1 aliphatic heterocycles. The van der Waals surface area contributed by atoms with E-state index >= 15 is 0 Å². The Morgan fingerprint density at radius 1 is 1.44 bits per heavy atom. The number of nitrogens with zero attached hydrogens (tertiary/aromatic N) is 6. The molecule has 1 aliphatic rings. The molecule has 0 saturated carbocycles. The number of aromatic nitrogens is 4. The van der Waals surface area contributed by atoms with Gasteiger partial charge in [0.1, 0.15) is 0 Å². The van der Waals surface area contributed by atoms with E-state index in [0.29, 0.717) is 24.8 Å². The molecular formula is C19H31N7O. The molecule has 2 aromatic rings. The molecule has 0 aromatic carbocycles. The van der Waals surface area contributed by atoms with Gasteiger partial charge in [-0.1, -0.05) is 19.0 Å². The van der Waals surface area contributed by atoms with Gasteiger partial charge >= 0.3 is 0 Å². The predicted octanol–water partition coefficient (Wildman–Crippen LogP) is 2.00. The van der Waals surface area contributed by atoms with Crippen molar-refractivity contribution >= 4 is 5.96 Å². The summed E-state index contributed by atoms with van der Waals surface area (Å²) in [4.78, 5) is 11.6. The van der Waals surface area contributed by atoms with Crippen LogP contribution in [0.5, 0.6) is 0 Å². The first-order valence-electron chi connectivity index (χ1n) is 9.88. The number of rotatable bonds is 7. The van der Waals surface area contributed by atoms with Crippen LogP contribution in [0.25, 0.3) is 0 Å². The van der Waals surface area contributed by atoms with E-state index in [0.717, 1.165) is 37.8 Å². The molecule has 1 N–H and O–H groups in total. The van der Waals surface area contributed by atoms with Crippen molar-refractivity contribution in [1.29, 1.82) is 0 Å². The van der Waals surface area contributed by atoms with Gasteiger partial charge in [-0.2, -0.15) is 10.1 Å². The minimum atomic E-state index is 0.282. The molecule has 1 unspecified atom stereocenters. The third-order valence-corrected chi connectivity index (χ3v) is 4.79. The Bertz CT molecular complexity index is 749. The predicted molar refractivity (Wildman–Crippen MR) is 105 cm³/mol. The van der Waals surface area contributed by atoms with Gasteiger partial charge in [0.2, 0.25) is 5.89 Å². The summed E-state index contributed by atoms with van der Waals surface area (Å²) in [5.74, 6) is 3.33. The highest BCUT2D eigenvalue weighted by Gasteiger charge is 2.25.